The molecule has 1 saturated carbocycles. The molecule has 4 rings (SSSR count). The molecule has 1 aliphatic carbocycles. The number of fused-ring (bicyclic) bond motifs is 1. The number of rotatable bonds is 4. The van der Waals surface area contributed by atoms with Crippen molar-refractivity contribution in [2.24, 2.45) is 5.92 Å². The van der Waals surface area contributed by atoms with Gasteiger partial charge >= 0.3 is 0 Å². The van der Waals surface area contributed by atoms with E-state index in [1.807, 2.05) is 0 Å². The van der Waals surface area contributed by atoms with Crippen molar-refractivity contribution in [3.8, 4) is 0 Å². The van der Waals surface area contributed by atoms with Gasteiger partial charge in [-0.2, -0.15) is 0 Å². The summed E-state index contributed by atoms with van der Waals surface area (Å²) in [6.45, 7) is 3.06. The van der Waals surface area contributed by atoms with Gasteiger partial charge < -0.3 is 10.1 Å². The third-order valence-corrected chi connectivity index (χ3v) is 5.72. The van der Waals surface area contributed by atoms with Crippen molar-refractivity contribution >= 4 is 27.4 Å². The van der Waals surface area contributed by atoms with Crippen LogP contribution < -0.4 is 5.32 Å². The lowest BCUT2D eigenvalue weighted by atomic mass is 10.00. The van der Waals surface area contributed by atoms with Gasteiger partial charge in [0, 0.05) is 17.5 Å². The number of hydrogen-bond donors (Lipinski definition) is 1. The molecule has 112 valence electrons. The fourth-order valence-electron chi connectivity index (χ4n) is 3.14. The van der Waals surface area contributed by atoms with Crippen LogP contribution in [0.4, 0.5) is 5.82 Å². The number of aryl methyl sites for hydroxylation is 1. The van der Waals surface area contributed by atoms with Crippen molar-refractivity contribution in [2.75, 3.05) is 11.9 Å². The van der Waals surface area contributed by atoms with Crippen LogP contribution in [0.5, 0.6) is 0 Å². The van der Waals surface area contributed by atoms with Crippen LogP contribution in [-0.4, -0.2) is 28.7 Å². The number of thiophene rings is 1. The zero-order chi connectivity index (χ0) is 14.2. The van der Waals surface area contributed by atoms with Crippen molar-refractivity contribution in [3.63, 3.8) is 0 Å². The van der Waals surface area contributed by atoms with E-state index in [0.717, 1.165) is 42.4 Å². The molecule has 0 amide bonds. The second-order valence-electron chi connectivity index (χ2n) is 6.12. The Morgan fingerprint density at radius 1 is 1.33 bits per heavy atom. The maximum absolute atomic E-state index is 5.91. The van der Waals surface area contributed by atoms with Crippen LogP contribution in [0.3, 0.4) is 0 Å². The molecule has 2 aromatic rings. The standard InChI is InChI=1S/C16H21N3OS/c1-2-12-8-13-15(17-9-18-16(13)21-12)19-11-5-6-20-14(7-11)10-3-4-10/h8-11,14H,2-7H2,1H3,(H,17,18,19). The van der Waals surface area contributed by atoms with Crippen LogP contribution in [0.1, 0.15) is 37.5 Å². The van der Waals surface area contributed by atoms with E-state index in [-0.39, 0.29) is 0 Å². The van der Waals surface area contributed by atoms with Crippen molar-refractivity contribution in [1.82, 2.24) is 9.97 Å². The first kappa shape index (κ1) is 13.5. The summed E-state index contributed by atoms with van der Waals surface area (Å²) in [6.07, 6.45) is 8.07. The summed E-state index contributed by atoms with van der Waals surface area (Å²) in [5, 5.41) is 4.82. The van der Waals surface area contributed by atoms with Gasteiger partial charge in [-0.25, -0.2) is 9.97 Å². The largest absolute Gasteiger partial charge is 0.378 e. The highest BCUT2D eigenvalue weighted by molar-refractivity contribution is 7.18. The Balaban J connectivity index is 1.54. The van der Waals surface area contributed by atoms with Crippen LogP contribution in [0.25, 0.3) is 10.2 Å². The molecule has 0 aromatic carbocycles. The zero-order valence-corrected chi connectivity index (χ0v) is 13.2. The van der Waals surface area contributed by atoms with Crippen molar-refractivity contribution < 1.29 is 4.74 Å². The molecule has 3 heterocycles. The van der Waals surface area contributed by atoms with E-state index in [4.69, 9.17) is 4.74 Å². The highest BCUT2D eigenvalue weighted by Crippen LogP contribution is 2.39. The maximum Gasteiger partial charge on any atom is 0.138 e. The number of nitrogens with one attached hydrogen (secondary N) is 1. The highest BCUT2D eigenvalue weighted by Gasteiger charge is 2.36. The van der Waals surface area contributed by atoms with Gasteiger partial charge in [0.1, 0.15) is 17.0 Å². The lowest BCUT2D eigenvalue weighted by Crippen LogP contribution is -2.35. The van der Waals surface area contributed by atoms with Crippen molar-refractivity contribution in [3.05, 3.63) is 17.3 Å². The van der Waals surface area contributed by atoms with Crippen LogP contribution in [0.15, 0.2) is 12.4 Å². The van der Waals surface area contributed by atoms with E-state index < -0.39 is 0 Å². The van der Waals surface area contributed by atoms with Crippen LogP contribution >= 0.6 is 11.3 Å². The lowest BCUT2D eigenvalue weighted by Gasteiger charge is -2.30. The van der Waals surface area contributed by atoms with Gasteiger partial charge in [-0.1, -0.05) is 6.92 Å². The predicted octanol–water partition coefficient (Wildman–Crippen LogP) is 3.62. The second-order valence-corrected chi connectivity index (χ2v) is 7.23. The molecule has 2 fully saturated rings. The minimum atomic E-state index is 0.460. The minimum absolute atomic E-state index is 0.460. The Kier molecular flexibility index (Phi) is 3.55. The fraction of sp³-hybridized carbons (Fsp3) is 0.625. The molecule has 5 heteroatoms. The van der Waals surface area contributed by atoms with Gasteiger partial charge in [0.2, 0.25) is 0 Å². The van der Waals surface area contributed by atoms with Gasteiger partial charge in [-0.3, -0.25) is 0 Å². The smallest absolute Gasteiger partial charge is 0.138 e. The maximum atomic E-state index is 5.91. The van der Waals surface area contributed by atoms with Crippen LogP contribution in [0, 0.1) is 5.92 Å². The minimum Gasteiger partial charge on any atom is -0.378 e. The molecule has 0 bridgehead atoms. The molecular formula is C16H21N3OS. The first-order valence-corrected chi connectivity index (χ1v) is 8.76. The summed E-state index contributed by atoms with van der Waals surface area (Å²) in [6, 6.07) is 2.72. The summed E-state index contributed by atoms with van der Waals surface area (Å²) in [7, 11) is 0. The molecule has 2 aliphatic rings. The predicted molar refractivity (Wildman–Crippen MR) is 85.9 cm³/mol. The third-order valence-electron chi connectivity index (χ3n) is 4.53. The molecule has 2 unspecified atom stereocenters. The summed E-state index contributed by atoms with van der Waals surface area (Å²) >= 11 is 1.77. The molecule has 4 nitrogen and oxygen atoms in total. The molecule has 1 aliphatic heterocycles. The van der Waals surface area contributed by atoms with E-state index in [1.54, 1.807) is 17.7 Å². The van der Waals surface area contributed by atoms with E-state index in [2.05, 4.69) is 28.3 Å². The molecule has 2 atom stereocenters. The molecule has 1 saturated heterocycles. The summed E-state index contributed by atoms with van der Waals surface area (Å²) < 4.78 is 5.91. The van der Waals surface area contributed by atoms with Gasteiger partial charge in [0.25, 0.3) is 0 Å². The first-order valence-electron chi connectivity index (χ1n) is 7.95. The van der Waals surface area contributed by atoms with Crippen LogP contribution in [-0.2, 0) is 11.2 Å². The van der Waals surface area contributed by atoms with E-state index in [0.29, 0.717) is 12.1 Å². The van der Waals surface area contributed by atoms with Gasteiger partial charge in [0.05, 0.1) is 11.5 Å². The van der Waals surface area contributed by atoms with Gasteiger partial charge in [-0.05, 0) is 44.1 Å². The number of anilines is 1. The number of nitrogens with zero attached hydrogens (tertiary/aromatic N) is 2. The quantitative estimate of drug-likeness (QED) is 0.937. The SMILES string of the molecule is CCc1cc2c(NC3CCOC(C4CC4)C3)ncnc2s1. The van der Waals surface area contributed by atoms with E-state index >= 15 is 0 Å². The second kappa shape index (κ2) is 5.54. The molecule has 0 radical (unpaired) electrons. The Labute approximate surface area is 128 Å². The zero-order valence-electron chi connectivity index (χ0n) is 12.3. The molecule has 21 heavy (non-hydrogen) atoms. The summed E-state index contributed by atoms with van der Waals surface area (Å²) in [5.41, 5.74) is 0. The number of ether oxygens (including phenoxy) is 1. The third kappa shape index (κ3) is 2.77. The van der Waals surface area contributed by atoms with Crippen molar-refractivity contribution in [1.29, 1.82) is 0 Å². The Morgan fingerprint density at radius 3 is 3.05 bits per heavy atom. The Hall–Kier alpha value is -1.20. The summed E-state index contributed by atoms with van der Waals surface area (Å²) in [4.78, 5) is 11.3. The highest BCUT2D eigenvalue weighted by atomic mass is 32.1. The average molecular weight is 303 g/mol. The monoisotopic (exact) mass is 303 g/mol. The first-order chi connectivity index (χ1) is 10.3. The lowest BCUT2D eigenvalue weighted by molar-refractivity contribution is -0.00221. The molecule has 2 aromatic heterocycles. The molecule has 0 spiro atoms. The normalized spacial score (nSPS) is 26.1. The number of hydrogen-bond acceptors (Lipinski definition) is 5. The molecule has 1 N–H and O–H groups in total. The molecular weight excluding hydrogens is 282 g/mol. The fourth-order valence-corrected chi connectivity index (χ4v) is 4.08. The van der Waals surface area contributed by atoms with E-state index in [9.17, 15) is 0 Å². The van der Waals surface area contributed by atoms with Crippen LogP contribution in [0.2, 0.25) is 0 Å². The average Bonchev–Trinajstić information content (AvgIpc) is 3.27. The summed E-state index contributed by atoms with van der Waals surface area (Å²) in [5.74, 6) is 1.81. The Morgan fingerprint density at radius 2 is 2.24 bits per heavy atom. The topological polar surface area (TPSA) is 47.0 Å². The Bertz CT molecular complexity index is 637. The van der Waals surface area contributed by atoms with Gasteiger partial charge in [-0.15, -0.1) is 11.3 Å². The van der Waals surface area contributed by atoms with E-state index in [1.165, 1.54) is 23.1 Å². The number of aromatic nitrogens is 2. The van der Waals surface area contributed by atoms with Gasteiger partial charge in [0.15, 0.2) is 0 Å². The van der Waals surface area contributed by atoms with Crippen molar-refractivity contribution in [2.45, 2.75) is 51.2 Å².